The summed E-state index contributed by atoms with van der Waals surface area (Å²) in [5, 5.41) is 24.0. The van der Waals surface area contributed by atoms with E-state index in [2.05, 4.69) is 21.7 Å². The predicted molar refractivity (Wildman–Crippen MR) is 184 cm³/mol. The van der Waals surface area contributed by atoms with Crippen LogP contribution in [0.4, 0.5) is 39.5 Å². The number of benzene rings is 3. The molecular weight excluding hydrogens is 688 g/mol. The van der Waals surface area contributed by atoms with Crippen LogP contribution in [0.15, 0.2) is 60.8 Å². The van der Waals surface area contributed by atoms with Crippen LogP contribution in [0.5, 0.6) is 5.75 Å². The second-order valence-corrected chi connectivity index (χ2v) is 12.2. The first-order chi connectivity index (χ1) is 24.5. The zero-order valence-electron chi connectivity index (χ0n) is 28.5. The Balaban J connectivity index is 0.000000785. The average Bonchev–Trinajstić information content (AvgIpc) is 3.08. The number of aliphatic carboxylic acids is 1. The minimum atomic E-state index is -5.08. The van der Waals surface area contributed by atoms with Gasteiger partial charge in [0.05, 0.1) is 18.6 Å². The van der Waals surface area contributed by atoms with Gasteiger partial charge in [0, 0.05) is 54.1 Å². The average molecular weight is 725 g/mol. The summed E-state index contributed by atoms with van der Waals surface area (Å²) in [6.07, 6.45) is -4.19. The maximum Gasteiger partial charge on any atom is 0.490 e. The monoisotopic (exact) mass is 724 g/mol. The van der Waals surface area contributed by atoms with Crippen LogP contribution in [0.1, 0.15) is 48.1 Å². The number of halogens is 4. The number of hydrogen-bond donors (Lipinski definition) is 4. The number of likely N-dealkylation sites (N-methyl/N-ethyl adjacent to an activating group) is 1. The predicted octanol–water partition coefficient (Wildman–Crippen LogP) is 6.91. The van der Waals surface area contributed by atoms with Crippen molar-refractivity contribution in [2.45, 2.75) is 45.5 Å². The fraction of sp³-hybridized carbons (Fsp3) is 0.306. The number of ether oxygens (including phenoxy) is 2. The van der Waals surface area contributed by atoms with Gasteiger partial charge in [0.1, 0.15) is 18.5 Å². The number of nitrogens with one attached hydrogen (secondary N) is 2. The summed E-state index contributed by atoms with van der Waals surface area (Å²) in [5.74, 6) is -4.11. The molecule has 2 aliphatic heterocycles. The number of hydrogen-bond acceptors (Lipinski definition) is 9. The van der Waals surface area contributed by atoms with Gasteiger partial charge in [-0.05, 0) is 66.3 Å². The highest BCUT2D eigenvalue weighted by atomic mass is 19.4. The molecule has 0 aliphatic carbocycles. The summed E-state index contributed by atoms with van der Waals surface area (Å²) in [6.45, 7) is 5.54. The van der Waals surface area contributed by atoms with Crippen molar-refractivity contribution in [2.75, 3.05) is 36.6 Å². The molecule has 16 heteroatoms. The van der Waals surface area contributed by atoms with Crippen molar-refractivity contribution < 1.29 is 46.5 Å². The number of nitrogens with zero attached hydrogens (tertiary/aromatic N) is 3. The molecule has 0 fully saturated rings. The van der Waals surface area contributed by atoms with Crippen LogP contribution in [0, 0.1) is 30.0 Å². The summed E-state index contributed by atoms with van der Waals surface area (Å²) in [5.41, 5.74) is 9.83. The lowest BCUT2D eigenvalue weighted by molar-refractivity contribution is -0.192. The standard InChI is InChI=1S/C34H35FN6O4.C2HF3O2/c1-19(15-36)17-44-31-24-13-26(14-29(31)35)40-34(43)45-18-21(3)27-7-5-23(11-20(27)2)30(33(42)41(4)16-24)39-25-6-8-28-22(12-25)9-10-38-32(28)37;3-2(4,5)1(6)7/h5-14,19,21,30,39H,16-18H2,1-4H3,(H2,37,38)(H,40,43);(H,6,7)/t19?,21-,30+;/m0./s1. The molecule has 3 atom stereocenters. The number of fused-ring (bicyclic) bond motifs is 10. The van der Waals surface area contributed by atoms with E-state index in [0.717, 1.165) is 33.5 Å². The largest absolute Gasteiger partial charge is 0.490 e. The number of nitrogens with two attached hydrogens (primary N) is 1. The molecule has 0 spiro atoms. The summed E-state index contributed by atoms with van der Waals surface area (Å²) in [4.78, 5) is 41.4. The van der Waals surface area contributed by atoms with Crippen LogP contribution in [-0.2, 0) is 20.9 Å². The topological polar surface area (TPSA) is 180 Å². The molecule has 4 aromatic rings. The number of nitrogen functional groups attached to an aromatic ring is 1. The molecule has 1 aromatic heterocycles. The second-order valence-electron chi connectivity index (χ2n) is 12.2. The van der Waals surface area contributed by atoms with E-state index in [-0.39, 0.29) is 43.0 Å². The Morgan fingerprint density at radius 1 is 1.21 bits per heavy atom. The summed E-state index contributed by atoms with van der Waals surface area (Å²) in [6, 6.07) is 17.1. The van der Waals surface area contributed by atoms with Crippen LogP contribution in [0.3, 0.4) is 0 Å². The van der Waals surface area contributed by atoms with E-state index < -0.39 is 36.0 Å². The Morgan fingerprint density at radius 3 is 2.58 bits per heavy atom. The van der Waals surface area contributed by atoms with Crippen LogP contribution < -0.4 is 21.1 Å². The number of aryl methyl sites for hydroxylation is 1. The third kappa shape index (κ3) is 9.56. The van der Waals surface area contributed by atoms with E-state index in [1.54, 1.807) is 20.2 Å². The van der Waals surface area contributed by atoms with E-state index >= 15 is 4.39 Å². The number of carboxylic acids is 1. The maximum absolute atomic E-state index is 15.4. The van der Waals surface area contributed by atoms with Gasteiger partial charge < -0.3 is 30.5 Å². The highest BCUT2D eigenvalue weighted by Gasteiger charge is 2.38. The number of pyridine rings is 1. The molecule has 12 nitrogen and oxygen atoms in total. The maximum atomic E-state index is 15.4. The van der Waals surface area contributed by atoms with Crippen LogP contribution in [0.2, 0.25) is 0 Å². The lowest BCUT2D eigenvalue weighted by Gasteiger charge is -2.28. The number of carbonyl (C=O) groups excluding carboxylic acids is 2. The van der Waals surface area contributed by atoms with Crippen molar-refractivity contribution in [1.82, 2.24) is 9.88 Å². The molecule has 5 N–H and O–H groups in total. The SMILES string of the molecule is Cc1cc2ccc1[C@@H](C)COC(=O)Nc1cc(F)c(OCC(C)C#N)c(c1)CN(C)C(=O)[C@@H]2Nc1ccc2c(N)nccc2c1.O=C(O)C(F)(F)F. The second kappa shape index (κ2) is 16.3. The number of carboxylic acid groups (broad SMARTS) is 1. The van der Waals surface area contributed by atoms with Crippen molar-refractivity contribution in [3.63, 3.8) is 0 Å². The molecule has 0 saturated heterocycles. The molecule has 2 amide bonds. The number of carbonyl (C=O) groups is 3. The Hall–Kier alpha value is -6.11. The zero-order valence-corrected chi connectivity index (χ0v) is 28.5. The summed E-state index contributed by atoms with van der Waals surface area (Å²) in [7, 11) is 1.62. The Morgan fingerprint density at radius 2 is 1.92 bits per heavy atom. The third-order valence-corrected chi connectivity index (χ3v) is 8.07. The van der Waals surface area contributed by atoms with Gasteiger partial charge in [0.15, 0.2) is 11.6 Å². The van der Waals surface area contributed by atoms with E-state index in [1.165, 1.54) is 11.0 Å². The van der Waals surface area contributed by atoms with E-state index in [4.69, 9.17) is 25.1 Å². The Bertz CT molecular complexity index is 2020. The Kier molecular flexibility index (Phi) is 12.1. The molecular formula is C36H36F4N6O6. The molecule has 1 unspecified atom stereocenters. The van der Waals surface area contributed by atoms with Gasteiger partial charge >= 0.3 is 18.2 Å². The van der Waals surface area contributed by atoms with E-state index in [1.807, 2.05) is 56.3 Å². The van der Waals surface area contributed by atoms with Crippen LogP contribution in [-0.4, -0.2) is 59.4 Å². The lowest BCUT2D eigenvalue weighted by atomic mass is 9.93. The number of anilines is 3. The first kappa shape index (κ1) is 38.7. The van der Waals surface area contributed by atoms with Gasteiger partial charge in [-0.1, -0.05) is 25.1 Å². The van der Waals surface area contributed by atoms with Gasteiger partial charge in [-0.2, -0.15) is 18.4 Å². The first-order valence-electron chi connectivity index (χ1n) is 15.8. The van der Waals surface area contributed by atoms with Crippen molar-refractivity contribution in [1.29, 1.82) is 5.26 Å². The normalized spacial score (nSPS) is 16.9. The first-order valence-corrected chi connectivity index (χ1v) is 15.8. The molecule has 3 heterocycles. The Labute approximate surface area is 296 Å². The van der Waals surface area contributed by atoms with Gasteiger partial charge in [-0.15, -0.1) is 0 Å². The number of alkyl halides is 3. The van der Waals surface area contributed by atoms with Crippen molar-refractivity contribution >= 4 is 45.9 Å². The summed E-state index contributed by atoms with van der Waals surface area (Å²) >= 11 is 0. The quantitative estimate of drug-likeness (QED) is 0.158. The van der Waals surface area contributed by atoms with E-state index in [0.29, 0.717) is 17.1 Å². The molecule has 52 heavy (non-hydrogen) atoms. The number of nitriles is 1. The minimum Gasteiger partial charge on any atom is -0.489 e. The number of aromatic nitrogens is 1. The number of amides is 2. The fourth-order valence-corrected chi connectivity index (χ4v) is 5.42. The van der Waals surface area contributed by atoms with Gasteiger partial charge in [-0.3, -0.25) is 10.1 Å². The fourth-order valence-electron chi connectivity index (χ4n) is 5.42. The van der Waals surface area contributed by atoms with E-state index in [9.17, 15) is 28.0 Å². The molecule has 0 saturated carbocycles. The van der Waals surface area contributed by atoms with Crippen molar-refractivity contribution in [3.8, 4) is 11.8 Å². The van der Waals surface area contributed by atoms with Crippen molar-refractivity contribution in [3.05, 3.63) is 88.9 Å². The molecule has 274 valence electrons. The smallest absolute Gasteiger partial charge is 0.489 e. The number of rotatable bonds is 5. The summed E-state index contributed by atoms with van der Waals surface area (Å²) < 4.78 is 58.4. The highest BCUT2D eigenvalue weighted by Crippen LogP contribution is 2.33. The third-order valence-electron chi connectivity index (χ3n) is 8.07. The molecule has 2 aliphatic rings. The molecule has 0 radical (unpaired) electrons. The lowest BCUT2D eigenvalue weighted by Crippen LogP contribution is -2.35. The van der Waals surface area contributed by atoms with Gasteiger partial charge in [0.2, 0.25) is 5.91 Å². The molecule has 6 rings (SSSR count). The van der Waals surface area contributed by atoms with Gasteiger partial charge in [-0.25, -0.2) is 19.0 Å². The van der Waals surface area contributed by atoms with Gasteiger partial charge in [0.25, 0.3) is 0 Å². The minimum absolute atomic E-state index is 0.0528. The van der Waals surface area contributed by atoms with Crippen molar-refractivity contribution in [2.24, 2.45) is 5.92 Å². The zero-order chi connectivity index (χ0) is 38.3. The molecule has 4 bridgehead atoms. The van der Waals surface area contributed by atoms with Crippen LogP contribution >= 0.6 is 0 Å². The highest BCUT2D eigenvalue weighted by molar-refractivity contribution is 5.94. The van der Waals surface area contributed by atoms with Crippen LogP contribution in [0.25, 0.3) is 10.8 Å². The molecule has 3 aromatic carbocycles.